The molecule has 2 heterocycles. The lowest BCUT2D eigenvalue weighted by Crippen LogP contribution is -2.42. The van der Waals surface area contributed by atoms with Crippen molar-refractivity contribution in [1.29, 1.82) is 0 Å². The van der Waals surface area contributed by atoms with Gasteiger partial charge in [-0.25, -0.2) is 0 Å². The third kappa shape index (κ3) is 3.82. The molecule has 1 N–H and O–H groups in total. The van der Waals surface area contributed by atoms with Crippen molar-refractivity contribution in [3.05, 3.63) is 28.8 Å². The number of thioether (sulfide) groups is 1. The molecule has 1 unspecified atom stereocenters. The lowest BCUT2D eigenvalue weighted by Gasteiger charge is -2.27. The van der Waals surface area contributed by atoms with E-state index >= 15 is 0 Å². The highest BCUT2D eigenvalue weighted by Gasteiger charge is 2.18. The van der Waals surface area contributed by atoms with Gasteiger partial charge in [0.25, 0.3) is 0 Å². The number of benzene rings is 1. The minimum atomic E-state index is 0.330. The first-order valence-electron chi connectivity index (χ1n) is 7.27. The largest absolute Gasteiger partial charge is 0.488 e. The van der Waals surface area contributed by atoms with Crippen LogP contribution in [0.4, 0.5) is 0 Å². The number of rotatable bonds is 4. The molecule has 110 valence electrons. The number of ether oxygens (including phenoxy) is 1. The fourth-order valence-corrected chi connectivity index (χ4v) is 3.99. The average Bonchev–Trinajstić information content (AvgIpc) is 2.96. The Hall–Kier alpha value is -0.420. The van der Waals surface area contributed by atoms with E-state index < -0.39 is 0 Å². The van der Waals surface area contributed by atoms with Crippen molar-refractivity contribution in [2.45, 2.75) is 19.1 Å². The van der Waals surface area contributed by atoms with E-state index in [0.29, 0.717) is 6.10 Å². The first-order valence-corrected chi connectivity index (χ1v) is 8.80. The molecule has 0 bridgehead atoms. The normalized spacial score (nSPS) is 23.9. The van der Waals surface area contributed by atoms with E-state index in [1.807, 2.05) is 17.8 Å². The van der Waals surface area contributed by atoms with E-state index in [-0.39, 0.29) is 0 Å². The van der Waals surface area contributed by atoms with Gasteiger partial charge in [-0.2, -0.15) is 11.8 Å². The maximum Gasteiger partial charge on any atom is 0.138 e. The van der Waals surface area contributed by atoms with Gasteiger partial charge >= 0.3 is 0 Å². The summed E-state index contributed by atoms with van der Waals surface area (Å²) in [6, 6.07) is 6.23. The van der Waals surface area contributed by atoms with Crippen molar-refractivity contribution in [3.63, 3.8) is 0 Å². The van der Waals surface area contributed by atoms with Crippen molar-refractivity contribution in [2.24, 2.45) is 0 Å². The lowest BCUT2D eigenvalue weighted by atomic mass is 10.2. The third-order valence-electron chi connectivity index (χ3n) is 3.79. The highest BCUT2D eigenvalue weighted by atomic mass is 35.5. The Labute approximate surface area is 130 Å². The van der Waals surface area contributed by atoms with Crippen LogP contribution in [0.3, 0.4) is 0 Å². The number of halogens is 1. The maximum atomic E-state index is 6.36. The predicted octanol–water partition coefficient (Wildman–Crippen LogP) is 2.63. The zero-order chi connectivity index (χ0) is 13.8. The van der Waals surface area contributed by atoms with E-state index in [2.05, 4.69) is 22.3 Å². The molecule has 3 rings (SSSR count). The molecular formula is C15H21ClN2OS. The number of nitrogens with one attached hydrogen (secondary N) is 1. The summed E-state index contributed by atoms with van der Waals surface area (Å²) in [5, 5.41) is 4.12. The van der Waals surface area contributed by atoms with Gasteiger partial charge in [-0.1, -0.05) is 17.7 Å². The molecule has 1 aromatic carbocycles. The van der Waals surface area contributed by atoms with Gasteiger partial charge in [-0.3, -0.25) is 4.90 Å². The van der Waals surface area contributed by atoms with Crippen LogP contribution in [0.1, 0.15) is 12.0 Å². The van der Waals surface area contributed by atoms with Gasteiger partial charge < -0.3 is 10.1 Å². The van der Waals surface area contributed by atoms with Crippen molar-refractivity contribution >= 4 is 23.4 Å². The summed E-state index contributed by atoms with van der Waals surface area (Å²) in [6.45, 7) is 5.34. The number of nitrogens with zero attached hydrogens (tertiary/aromatic N) is 1. The Bertz CT molecular complexity index is 445. The number of hydrogen-bond acceptors (Lipinski definition) is 4. The Morgan fingerprint density at radius 1 is 1.35 bits per heavy atom. The highest BCUT2D eigenvalue weighted by molar-refractivity contribution is 7.99. The fourth-order valence-electron chi connectivity index (χ4n) is 2.65. The molecule has 0 spiro atoms. The van der Waals surface area contributed by atoms with Gasteiger partial charge in [0.1, 0.15) is 11.9 Å². The zero-order valence-corrected chi connectivity index (χ0v) is 13.2. The van der Waals surface area contributed by atoms with Crippen LogP contribution < -0.4 is 10.1 Å². The van der Waals surface area contributed by atoms with Crippen LogP contribution in [0.2, 0.25) is 5.02 Å². The summed E-state index contributed by atoms with van der Waals surface area (Å²) in [5.41, 5.74) is 1.27. The van der Waals surface area contributed by atoms with Crippen LogP contribution in [-0.2, 0) is 6.54 Å². The Balaban J connectivity index is 1.60. The Morgan fingerprint density at radius 2 is 2.20 bits per heavy atom. The van der Waals surface area contributed by atoms with Gasteiger partial charge in [0.2, 0.25) is 0 Å². The molecule has 5 heteroatoms. The molecule has 2 saturated heterocycles. The summed E-state index contributed by atoms with van der Waals surface area (Å²) in [4.78, 5) is 2.45. The van der Waals surface area contributed by atoms with E-state index in [1.54, 1.807) is 0 Å². The second-order valence-electron chi connectivity index (χ2n) is 5.39. The molecule has 0 aliphatic carbocycles. The van der Waals surface area contributed by atoms with E-state index in [0.717, 1.165) is 55.7 Å². The van der Waals surface area contributed by atoms with Crippen LogP contribution in [0.15, 0.2) is 18.2 Å². The molecular weight excluding hydrogens is 292 g/mol. The fraction of sp³-hybridized carbons (Fsp3) is 0.600. The molecule has 3 nitrogen and oxygen atoms in total. The molecule has 2 aliphatic heterocycles. The average molecular weight is 313 g/mol. The third-order valence-corrected chi connectivity index (χ3v) is 5.22. The molecule has 1 atom stereocenters. The molecule has 0 saturated carbocycles. The topological polar surface area (TPSA) is 24.5 Å². The molecule has 2 aliphatic rings. The second-order valence-corrected chi connectivity index (χ2v) is 6.95. The Morgan fingerprint density at radius 3 is 2.90 bits per heavy atom. The quantitative estimate of drug-likeness (QED) is 0.924. The molecule has 2 fully saturated rings. The summed E-state index contributed by atoms with van der Waals surface area (Å²) in [7, 11) is 0. The van der Waals surface area contributed by atoms with E-state index in [1.165, 1.54) is 11.3 Å². The number of hydrogen-bond donors (Lipinski definition) is 1. The molecule has 0 amide bonds. The summed E-state index contributed by atoms with van der Waals surface area (Å²) < 4.78 is 5.97. The van der Waals surface area contributed by atoms with Gasteiger partial charge in [0.15, 0.2) is 0 Å². The van der Waals surface area contributed by atoms with Crippen LogP contribution >= 0.6 is 23.4 Å². The summed E-state index contributed by atoms with van der Waals surface area (Å²) >= 11 is 8.32. The van der Waals surface area contributed by atoms with Crippen LogP contribution in [-0.4, -0.2) is 48.7 Å². The van der Waals surface area contributed by atoms with Gasteiger partial charge in [-0.05, 0) is 29.9 Å². The standard InChI is InChI=1S/C15H21ClN2OS/c16-14-9-12(10-18-6-4-17-5-7-18)1-2-15(14)19-13-3-8-20-11-13/h1-2,9,13,17H,3-8,10-11H2. The maximum absolute atomic E-state index is 6.36. The number of piperazine rings is 1. The van der Waals surface area contributed by atoms with Gasteiger partial charge in [0, 0.05) is 38.5 Å². The molecule has 0 aromatic heterocycles. The van der Waals surface area contributed by atoms with E-state index in [9.17, 15) is 0 Å². The van der Waals surface area contributed by atoms with Crippen LogP contribution in [0.25, 0.3) is 0 Å². The first kappa shape index (κ1) is 14.5. The van der Waals surface area contributed by atoms with Crippen molar-refractivity contribution in [3.8, 4) is 5.75 Å². The van der Waals surface area contributed by atoms with Gasteiger partial charge in [0.05, 0.1) is 5.02 Å². The smallest absolute Gasteiger partial charge is 0.138 e. The first-order chi connectivity index (χ1) is 9.81. The highest BCUT2D eigenvalue weighted by Crippen LogP contribution is 2.30. The minimum Gasteiger partial charge on any atom is -0.488 e. The van der Waals surface area contributed by atoms with Gasteiger partial charge in [-0.15, -0.1) is 0 Å². The molecule has 20 heavy (non-hydrogen) atoms. The van der Waals surface area contributed by atoms with E-state index in [4.69, 9.17) is 16.3 Å². The summed E-state index contributed by atoms with van der Waals surface area (Å²) in [5.74, 6) is 3.12. The predicted molar refractivity (Wildman–Crippen MR) is 86.0 cm³/mol. The van der Waals surface area contributed by atoms with Crippen LogP contribution in [0, 0.1) is 0 Å². The zero-order valence-electron chi connectivity index (χ0n) is 11.6. The van der Waals surface area contributed by atoms with Crippen molar-refractivity contribution < 1.29 is 4.74 Å². The van der Waals surface area contributed by atoms with Crippen molar-refractivity contribution in [2.75, 3.05) is 37.7 Å². The monoisotopic (exact) mass is 312 g/mol. The van der Waals surface area contributed by atoms with Crippen molar-refractivity contribution in [1.82, 2.24) is 10.2 Å². The minimum absolute atomic E-state index is 0.330. The second kappa shape index (κ2) is 7.03. The molecule has 1 aromatic rings. The van der Waals surface area contributed by atoms with Crippen LogP contribution in [0.5, 0.6) is 5.75 Å². The Kier molecular flexibility index (Phi) is 5.10. The SMILES string of the molecule is Clc1cc(CN2CCNCC2)ccc1OC1CCSC1. The molecule has 0 radical (unpaired) electrons. The summed E-state index contributed by atoms with van der Waals surface area (Å²) in [6.07, 6.45) is 1.46. The lowest BCUT2D eigenvalue weighted by molar-refractivity contribution is 0.227.